The Labute approximate surface area is 193 Å². The number of ether oxygens (including phenoxy) is 1. The number of para-hydroxylation sites is 2. The predicted molar refractivity (Wildman–Crippen MR) is 123 cm³/mol. The zero-order chi connectivity index (χ0) is 22.4. The van der Waals surface area contributed by atoms with Crippen molar-refractivity contribution in [3.63, 3.8) is 0 Å². The number of anilines is 1. The molecular weight excluding hydrogens is 438 g/mol. The highest BCUT2D eigenvalue weighted by molar-refractivity contribution is 7.15. The number of nitrogens with one attached hydrogen (secondary N) is 1. The van der Waals surface area contributed by atoms with Gasteiger partial charge in [-0.15, -0.1) is 0 Å². The van der Waals surface area contributed by atoms with Crippen LogP contribution >= 0.6 is 11.3 Å². The second-order valence-corrected chi connectivity index (χ2v) is 9.02. The molecule has 0 radical (unpaired) electrons. The summed E-state index contributed by atoms with van der Waals surface area (Å²) in [6.45, 7) is 1.03. The van der Waals surface area contributed by atoms with Gasteiger partial charge in [0.1, 0.15) is 11.5 Å². The maximum atomic E-state index is 13.8. The van der Waals surface area contributed by atoms with Crippen LogP contribution in [0.3, 0.4) is 0 Å². The van der Waals surface area contributed by atoms with Crippen LogP contribution in [0.2, 0.25) is 0 Å². The minimum absolute atomic E-state index is 0.0402. The summed E-state index contributed by atoms with van der Waals surface area (Å²) in [6.07, 6.45) is 2.10. The molecule has 0 spiro atoms. The lowest BCUT2D eigenvalue weighted by atomic mass is 9.86. The van der Waals surface area contributed by atoms with Crippen molar-refractivity contribution in [2.45, 2.75) is 18.9 Å². The third kappa shape index (κ3) is 3.48. The number of furan rings is 1. The van der Waals surface area contributed by atoms with Gasteiger partial charge in [0.15, 0.2) is 10.9 Å². The SMILES string of the molecule is O=C(Nc1nc2c(s1)CN(C(=O)C1c3ccccc3Oc3ccccc31)CC2)c1ccco1. The van der Waals surface area contributed by atoms with Crippen molar-refractivity contribution in [3.8, 4) is 11.5 Å². The Hall–Kier alpha value is -3.91. The van der Waals surface area contributed by atoms with Crippen molar-refractivity contribution >= 4 is 28.3 Å². The Morgan fingerprint density at radius 2 is 1.73 bits per heavy atom. The first kappa shape index (κ1) is 19.8. The van der Waals surface area contributed by atoms with Crippen LogP contribution in [0.4, 0.5) is 5.13 Å². The lowest BCUT2D eigenvalue weighted by Gasteiger charge is -2.33. The molecule has 2 aromatic carbocycles. The molecule has 0 unspecified atom stereocenters. The quantitative estimate of drug-likeness (QED) is 0.477. The number of benzene rings is 2. The van der Waals surface area contributed by atoms with Crippen LogP contribution in [-0.4, -0.2) is 28.2 Å². The Morgan fingerprint density at radius 3 is 2.42 bits per heavy atom. The van der Waals surface area contributed by atoms with Gasteiger partial charge in [-0.1, -0.05) is 47.7 Å². The summed E-state index contributed by atoms with van der Waals surface area (Å²) in [5.41, 5.74) is 2.68. The molecular formula is C25H19N3O4S. The van der Waals surface area contributed by atoms with Crippen LogP contribution in [0.25, 0.3) is 0 Å². The molecule has 4 heterocycles. The van der Waals surface area contributed by atoms with Gasteiger partial charge < -0.3 is 14.1 Å². The van der Waals surface area contributed by atoms with Gasteiger partial charge in [-0.25, -0.2) is 4.98 Å². The maximum absolute atomic E-state index is 13.8. The normalized spacial score (nSPS) is 14.6. The lowest BCUT2D eigenvalue weighted by Crippen LogP contribution is -2.39. The Bertz CT molecular complexity index is 1320. The molecule has 2 aliphatic heterocycles. The van der Waals surface area contributed by atoms with Crippen molar-refractivity contribution < 1.29 is 18.7 Å². The molecule has 1 N–H and O–H groups in total. The average Bonchev–Trinajstić information content (AvgIpc) is 3.51. The van der Waals surface area contributed by atoms with E-state index < -0.39 is 5.92 Å². The van der Waals surface area contributed by atoms with Gasteiger partial charge >= 0.3 is 0 Å². The van der Waals surface area contributed by atoms with Crippen LogP contribution in [0, 0.1) is 0 Å². The van der Waals surface area contributed by atoms with Crippen LogP contribution < -0.4 is 10.1 Å². The van der Waals surface area contributed by atoms with Crippen LogP contribution in [0.5, 0.6) is 11.5 Å². The molecule has 2 aliphatic rings. The van der Waals surface area contributed by atoms with Gasteiger partial charge in [-0.3, -0.25) is 14.9 Å². The molecule has 8 heteroatoms. The third-order valence-corrected chi connectivity index (χ3v) is 6.93. The molecule has 33 heavy (non-hydrogen) atoms. The molecule has 2 amide bonds. The minimum atomic E-state index is -0.418. The number of rotatable bonds is 3. The van der Waals surface area contributed by atoms with Crippen LogP contribution in [-0.2, 0) is 17.8 Å². The lowest BCUT2D eigenvalue weighted by molar-refractivity contribution is -0.132. The summed E-state index contributed by atoms with van der Waals surface area (Å²) in [5.74, 6) is 0.948. The van der Waals surface area contributed by atoms with E-state index in [9.17, 15) is 9.59 Å². The smallest absolute Gasteiger partial charge is 0.293 e. The summed E-state index contributed by atoms with van der Waals surface area (Å²) in [5, 5.41) is 3.30. The van der Waals surface area contributed by atoms with Crippen molar-refractivity contribution in [1.29, 1.82) is 0 Å². The van der Waals surface area contributed by atoms with Crippen molar-refractivity contribution in [3.05, 3.63) is 94.4 Å². The van der Waals surface area contributed by atoms with Crippen molar-refractivity contribution in [2.24, 2.45) is 0 Å². The Balaban J connectivity index is 1.26. The van der Waals surface area contributed by atoms with Crippen LogP contribution in [0.1, 0.15) is 38.2 Å². The molecule has 0 atom stereocenters. The van der Waals surface area contributed by atoms with E-state index in [-0.39, 0.29) is 17.6 Å². The number of nitrogens with zero attached hydrogens (tertiary/aromatic N) is 2. The Morgan fingerprint density at radius 1 is 1.00 bits per heavy atom. The third-order valence-electron chi connectivity index (χ3n) is 5.94. The number of amides is 2. The van der Waals surface area contributed by atoms with Gasteiger partial charge in [0.25, 0.3) is 5.91 Å². The highest BCUT2D eigenvalue weighted by atomic mass is 32.1. The molecule has 0 bridgehead atoms. The minimum Gasteiger partial charge on any atom is -0.459 e. The fourth-order valence-electron chi connectivity index (χ4n) is 4.36. The first-order chi connectivity index (χ1) is 16.2. The summed E-state index contributed by atoms with van der Waals surface area (Å²) in [4.78, 5) is 33.5. The fourth-order valence-corrected chi connectivity index (χ4v) is 5.38. The summed E-state index contributed by atoms with van der Waals surface area (Å²) >= 11 is 1.40. The number of carbonyl (C=O) groups is 2. The van der Waals surface area contributed by atoms with Gasteiger partial charge in [-0.05, 0) is 24.3 Å². The number of thiazole rings is 1. The van der Waals surface area contributed by atoms with Gasteiger partial charge in [0, 0.05) is 29.0 Å². The molecule has 4 aromatic rings. The second-order valence-electron chi connectivity index (χ2n) is 7.94. The summed E-state index contributed by atoms with van der Waals surface area (Å²) in [6, 6.07) is 18.7. The van der Waals surface area contributed by atoms with Crippen molar-refractivity contribution in [1.82, 2.24) is 9.88 Å². The van der Waals surface area contributed by atoms with E-state index in [0.29, 0.717) is 36.1 Å². The molecule has 164 valence electrons. The van der Waals surface area contributed by atoms with E-state index in [4.69, 9.17) is 9.15 Å². The van der Waals surface area contributed by atoms with Crippen molar-refractivity contribution in [2.75, 3.05) is 11.9 Å². The van der Waals surface area contributed by atoms with Gasteiger partial charge in [-0.2, -0.15) is 0 Å². The molecule has 7 nitrogen and oxygen atoms in total. The number of hydrogen-bond acceptors (Lipinski definition) is 6. The van der Waals surface area contributed by atoms with E-state index >= 15 is 0 Å². The zero-order valence-corrected chi connectivity index (χ0v) is 18.3. The summed E-state index contributed by atoms with van der Waals surface area (Å²) in [7, 11) is 0. The van der Waals surface area contributed by atoms with E-state index in [1.165, 1.54) is 17.6 Å². The van der Waals surface area contributed by atoms with E-state index in [0.717, 1.165) is 21.7 Å². The number of fused-ring (bicyclic) bond motifs is 3. The highest BCUT2D eigenvalue weighted by Gasteiger charge is 2.36. The first-order valence-corrected chi connectivity index (χ1v) is 11.5. The molecule has 0 saturated carbocycles. The first-order valence-electron chi connectivity index (χ1n) is 10.7. The highest BCUT2D eigenvalue weighted by Crippen LogP contribution is 2.45. The number of hydrogen-bond donors (Lipinski definition) is 1. The largest absolute Gasteiger partial charge is 0.459 e. The molecule has 2 aromatic heterocycles. The standard InChI is InChI=1S/C25H19N3O4S/c29-23(20-10-5-13-31-20)27-25-26-17-11-12-28(14-21(17)33-25)24(30)22-15-6-1-3-8-18(15)32-19-9-4-2-7-16(19)22/h1-10,13,22H,11-12,14H2,(H,26,27,29). The van der Waals surface area contributed by atoms with Gasteiger partial charge in [0.05, 0.1) is 24.4 Å². The predicted octanol–water partition coefficient (Wildman–Crippen LogP) is 4.81. The monoisotopic (exact) mass is 457 g/mol. The van der Waals surface area contributed by atoms with Crippen LogP contribution in [0.15, 0.2) is 71.3 Å². The molecule has 0 fully saturated rings. The fraction of sp³-hybridized carbons (Fsp3) is 0.160. The van der Waals surface area contributed by atoms with E-state index in [1.54, 1.807) is 12.1 Å². The second kappa shape index (κ2) is 7.90. The van der Waals surface area contributed by atoms with E-state index in [2.05, 4.69) is 10.3 Å². The molecule has 0 saturated heterocycles. The van der Waals surface area contributed by atoms with Gasteiger partial charge in [0.2, 0.25) is 5.91 Å². The zero-order valence-electron chi connectivity index (χ0n) is 17.5. The summed E-state index contributed by atoms with van der Waals surface area (Å²) < 4.78 is 11.2. The maximum Gasteiger partial charge on any atom is 0.293 e. The van der Waals surface area contributed by atoms with E-state index in [1.807, 2.05) is 53.4 Å². The topological polar surface area (TPSA) is 84.7 Å². The molecule has 0 aliphatic carbocycles. The number of carbonyl (C=O) groups excluding carboxylic acids is 2. The number of aromatic nitrogens is 1. The molecule has 6 rings (SSSR count). The average molecular weight is 458 g/mol. The Kier molecular flexibility index (Phi) is 4.73.